The van der Waals surface area contributed by atoms with Gasteiger partial charge in [-0.3, -0.25) is 4.79 Å². The second-order valence-corrected chi connectivity index (χ2v) is 6.39. The Morgan fingerprint density at radius 3 is 2.68 bits per heavy atom. The van der Waals surface area contributed by atoms with Gasteiger partial charge >= 0.3 is 0 Å². The first-order chi connectivity index (χ1) is 9.33. The van der Waals surface area contributed by atoms with Crippen molar-refractivity contribution in [3.05, 3.63) is 0 Å². The minimum absolute atomic E-state index is 0.279. The zero-order valence-corrected chi connectivity index (χ0v) is 11.7. The largest absolute Gasteiger partial charge is 0.376 e. The molecule has 2 N–H and O–H groups in total. The molecule has 3 atom stereocenters. The number of hydrogen-bond acceptors (Lipinski definition) is 3. The number of hydrogen-bond donors (Lipinski definition) is 2. The quantitative estimate of drug-likeness (QED) is 0.738. The number of nitrogens with one attached hydrogen (secondary N) is 2. The molecule has 4 nitrogen and oxygen atoms in total. The molecular weight excluding hydrogens is 240 g/mol. The van der Waals surface area contributed by atoms with E-state index < -0.39 is 0 Å². The van der Waals surface area contributed by atoms with E-state index >= 15 is 0 Å². The van der Waals surface area contributed by atoms with Gasteiger partial charge in [0.05, 0.1) is 12.7 Å². The Morgan fingerprint density at radius 2 is 2.00 bits per heavy atom. The summed E-state index contributed by atoms with van der Waals surface area (Å²) in [5.74, 6) is 2.10. The summed E-state index contributed by atoms with van der Waals surface area (Å²) in [6.07, 6.45) is 7.64. The van der Waals surface area contributed by atoms with Crippen LogP contribution in [-0.4, -0.2) is 38.3 Å². The van der Waals surface area contributed by atoms with Gasteiger partial charge in [-0.2, -0.15) is 0 Å². The number of piperidine rings is 1. The monoisotopic (exact) mass is 266 g/mol. The van der Waals surface area contributed by atoms with Crippen molar-refractivity contribution in [2.45, 2.75) is 44.6 Å². The molecule has 4 heteroatoms. The highest BCUT2D eigenvalue weighted by molar-refractivity contribution is 5.79. The maximum atomic E-state index is 12.1. The van der Waals surface area contributed by atoms with Gasteiger partial charge in [-0.1, -0.05) is 6.42 Å². The molecule has 1 heterocycles. The van der Waals surface area contributed by atoms with E-state index in [2.05, 4.69) is 10.6 Å². The summed E-state index contributed by atoms with van der Waals surface area (Å²) in [6.45, 7) is 3.46. The van der Waals surface area contributed by atoms with E-state index in [1.807, 2.05) is 0 Å². The molecule has 2 aliphatic carbocycles. The highest BCUT2D eigenvalue weighted by Crippen LogP contribution is 2.48. The molecule has 3 aliphatic rings. The Balaban J connectivity index is 1.30. The second kappa shape index (κ2) is 6.23. The van der Waals surface area contributed by atoms with Gasteiger partial charge in [-0.15, -0.1) is 0 Å². The van der Waals surface area contributed by atoms with Gasteiger partial charge < -0.3 is 15.4 Å². The van der Waals surface area contributed by atoms with E-state index in [4.69, 9.17) is 4.74 Å². The molecule has 1 aliphatic heterocycles. The molecule has 3 rings (SSSR count). The van der Waals surface area contributed by atoms with Gasteiger partial charge in [-0.05, 0) is 57.0 Å². The van der Waals surface area contributed by atoms with Gasteiger partial charge in [0.25, 0.3) is 0 Å². The first-order valence-corrected chi connectivity index (χ1v) is 7.93. The molecule has 0 radical (unpaired) electrons. The smallest absolute Gasteiger partial charge is 0.223 e. The maximum absolute atomic E-state index is 12.1. The summed E-state index contributed by atoms with van der Waals surface area (Å²) in [7, 11) is 0. The molecular formula is C15H26N2O2. The van der Waals surface area contributed by atoms with Gasteiger partial charge in [-0.25, -0.2) is 0 Å². The predicted molar refractivity (Wildman–Crippen MR) is 73.8 cm³/mol. The Kier molecular flexibility index (Phi) is 4.38. The molecule has 2 saturated carbocycles. The predicted octanol–water partition coefficient (Wildman–Crippen LogP) is 1.31. The Morgan fingerprint density at radius 1 is 1.16 bits per heavy atom. The summed E-state index contributed by atoms with van der Waals surface area (Å²) >= 11 is 0. The zero-order chi connectivity index (χ0) is 13.1. The minimum atomic E-state index is 0.279. The summed E-state index contributed by atoms with van der Waals surface area (Å²) < 4.78 is 5.80. The first kappa shape index (κ1) is 13.4. The van der Waals surface area contributed by atoms with Crippen LogP contribution in [-0.2, 0) is 9.53 Å². The van der Waals surface area contributed by atoms with Crippen molar-refractivity contribution < 1.29 is 9.53 Å². The third-order valence-electron chi connectivity index (χ3n) is 5.12. The normalized spacial score (nSPS) is 34.6. The lowest BCUT2D eigenvalue weighted by Crippen LogP contribution is -2.37. The molecule has 3 unspecified atom stereocenters. The van der Waals surface area contributed by atoms with Crippen LogP contribution < -0.4 is 10.6 Å². The fourth-order valence-corrected chi connectivity index (χ4v) is 4.06. The van der Waals surface area contributed by atoms with Crippen LogP contribution >= 0.6 is 0 Å². The Bertz CT molecular complexity index is 315. The van der Waals surface area contributed by atoms with Crippen LogP contribution in [0.3, 0.4) is 0 Å². The van der Waals surface area contributed by atoms with Gasteiger partial charge in [0.15, 0.2) is 0 Å². The summed E-state index contributed by atoms with van der Waals surface area (Å²) in [5, 5.41) is 6.40. The fourth-order valence-electron chi connectivity index (χ4n) is 4.06. The third-order valence-corrected chi connectivity index (χ3v) is 5.12. The van der Waals surface area contributed by atoms with Crippen molar-refractivity contribution in [2.24, 2.45) is 17.8 Å². The van der Waals surface area contributed by atoms with Crippen LogP contribution in [0.15, 0.2) is 0 Å². The first-order valence-electron chi connectivity index (χ1n) is 7.93. The second-order valence-electron chi connectivity index (χ2n) is 6.39. The number of rotatable bonds is 5. The number of fused-ring (bicyclic) bond motifs is 2. The topological polar surface area (TPSA) is 50.4 Å². The van der Waals surface area contributed by atoms with Crippen LogP contribution in [0, 0.1) is 17.8 Å². The molecule has 0 spiro atoms. The van der Waals surface area contributed by atoms with E-state index in [9.17, 15) is 4.79 Å². The lowest BCUT2D eigenvalue weighted by molar-refractivity contribution is -0.126. The lowest BCUT2D eigenvalue weighted by atomic mass is 9.88. The molecule has 0 aromatic carbocycles. The van der Waals surface area contributed by atoms with E-state index in [1.54, 1.807) is 0 Å². The minimum Gasteiger partial charge on any atom is -0.376 e. The molecule has 108 valence electrons. The fraction of sp³-hybridized carbons (Fsp3) is 0.933. The standard InChI is InChI=1S/C15H26N2O2/c18-15(14-10-11-1-2-12(14)9-11)17-7-8-19-13-3-5-16-6-4-13/h11-14,16H,1-10H2,(H,17,18). The third kappa shape index (κ3) is 3.29. The Labute approximate surface area is 115 Å². The average Bonchev–Trinajstić information content (AvgIpc) is 3.07. The molecule has 0 aromatic rings. The number of amides is 1. The van der Waals surface area contributed by atoms with Gasteiger partial charge in [0.1, 0.15) is 0 Å². The van der Waals surface area contributed by atoms with E-state index in [1.165, 1.54) is 19.3 Å². The lowest BCUT2D eigenvalue weighted by Gasteiger charge is -2.24. The number of carbonyl (C=O) groups excluding carboxylic acids is 1. The summed E-state index contributed by atoms with van der Waals surface area (Å²) in [4.78, 5) is 12.1. The van der Waals surface area contributed by atoms with Crippen molar-refractivity contribution in [2.75, 3.05) is 26.2 Å². The highest BCUT2D eigenvalue weighted by Gasteiger charge is 2.42. The van der Waals surface area contributed by atoms with Crippen molar-refractivity contribution in [1.82, 2.24) is 10.6 Å². The van der Waals surface area contributed by atoms with E-state index in [0.717, 1.165) is 38.3 Å². The van der Waals surface area contributed by atoms with Gasteiger partial charge in [0.2, 0.25) is 5.91 Å². The molecule has 0 aromatic heterocycles. The van der Waals surface area contributed by atoms with E-state index in [-0.39, 0.29) is 5.91 Å². The van der Waals surface area contributed by atoms with Crippen molar-refractivity contribution in [1.29, 1.82) is 0 Å². The SMILES string of the molecule is O=C(NCCOC1CCNCC1)C1CC2CCC1C2. The van der Waals surface area contributed by atoms with Crippen LogP contribution in [0.25, 0.3) is 0 Å². The van der Waals surface area contributed by atoms with Crippen molar-refractivity contribution >= 4 is 5.91 Å². The molecule has 1 saturated heterocycles. The zero-order valence-electron chi connectivity index (χ0n) is 11.7. The average molecular weight is 266 g/mol. The van der Waals surface area contributed by atoms with Crippen molar-refractivity contribution in [3.8, 4) is 0 Å². The molecule has 3 fully saturated rings. The van der Waals surface area contributed by atoms with Crippen LogP contribution in [0.1, 0.15) is 38.5 Å². The van der Waals surface area contributed by atoms with Crippen LogP contribution in [0.5, 0.6) is 0 Å². The summed E-state index contributed by atoms with van der Waals surface area (Å²) in [6, 6.07) is 0. The van der Waals surface area contributed by atoms with Crippen LogP contribution in [0.2, 0.25) is 0 Å². The van der Waals surface area contributed by atoms with Gasteiger partial charge in [0, 0.05) is 12.5 Å². The number of carbonyl (C=O) groups is 1. The molecule has 19 heavy (non-hydrogen) atoms. The molecule has 2 bridgehead atoms. The maximum Gasteiger partial charge on any atom is 0.223 e. The summed E-state index contributed by atoms with van der Waals surface area (Å²) in [5.41, 5.74) is 0. The Hall–Kier alpha value is -0.610. The number of ether oxygens (including phenoxy) is 1. The van der Waals surface area contributed by atoms with Crippen molar-refractivity contribution in [3.63, 3.8) is 0 Å². The van der Waals surface area contributed by atoms with Crippen LogP contribution in [0.4, 0.5) is 0 Å². The van der Waals surface area contributed by atoms with E-state index in [0.29, 0.717) is 31.1 Å². The molecule has 1 amide bonds. The highest BCUT2D eigenvalue weighted by atomic mass is 16.5.